The van der Waals surface area contributed by atoms with Crippen LogP contribution >= 0.6 is 11.6 Å². The van der Waals surface area contributed by atoms with Crippen molar-refractivity contribution in [2.45, 2.75) is 45.1 Å². The van der Waals surface area contributed by atoms with Crippen molar-refractivity contribution < 1.29 is 14.0 Å². The quantitative estimate of drug-likeness (QED) is 0.422. The van der Waals surface area contributed by atoms with Crippen LogP contribution in [-0.4, -0.2) is 42.9 Å². The number of nitrogens with zero attached hydrogens (tertiary/aromatic N) is 1. The number of nitrogens with one attached hydrogen (secondary N) is 2. The Morgan fingerprint density at radius 2 is 1.70 bits per heavy atom. The highest BCUT2D eigenvalue weighted by Crippen LogP contribution is 2.72. The lowest BCUT2D eigenvalue weighted by atomic mass is 9.81. The van der Waals surface area contributed by atoms with Crippen molar-refractivity contribution in [2.75, 3.05) is 26.2 Å². The third-order valence-electron chi connectivity index (χ3n) is 8.33. The third-order valence-corrected chi connectivity index (χ3v) is 8.62. The summed E-state index contributed by atoms with van der Waals surface area (Å²) in [6, 6.07) is 4.79. The highest BCUT2D eigenvalue weighted by atomic mass is 35.5. The number of hydrogen-bond acceptors (Lipinski definition) is 3. The largest absolute Gasteiger partial charge is 0.356 e. The van der Waals surface area contributed by atoms with E-state index in [4.69, 9.17) is 11.6 Å². The van der Waals surface area contributed by atoms with Crippen LogP contribution in [0.1, 0.15) is 44.1 Å². The third kappa shape index (κ3) is 4.32. The SMILES string of the molecule is O=C(NCCCCN1CCCC1)[C@H]1[C@H](C(=O)NCc2cccc(Cl)c2F)[C@@H]2C=C[C@H]1C21CC1. The summed E-state index contributed by atoms with van der Waals surface area (Å²) in [5.74, 6) is -1.18. The average molecular weight is 474 g/mol. The van der Waals surface area contributed by atoms with Gasteiger partial charge in [-0.3, -0.25) is 9.59 Å². The summed E-state index contributed by atoms with van der Waals surface area (Å²) >= 11 is 5.87. The highest BCUT2D eigenvalue weighted by molar-refractivity contribution is 6.30. The summed E-state index contributed by atoms with van der Waals surface area (Å²) in [5.41, 5.74) is 0.441. The van der Waals surface area contributed by atoms with Gasteiger partial charge in [-0.1, -0.05) is 35.9 Å². The molecule has 2 amide bonds. The fourth-order valence-electron chi connectivity index (χ4n) is 6.49. The van der Waals surface area contributed by atoms with Gasteiger partial charge >= 0.3 is 0 Å². The van der Waals surface area contributed by atoms with Crippen molar-refractivity contribution >= 4 is 23.4 Å². The van der Waals surface area contributed by atoms with Crippen LogP contribution in [0.3, 0.4) is 0 Å². The van der Waals surface area contributed by atoms with E-state index >= 15 is 0 Å². The smallest absolute Gasteiger partial charge is 0.224 e. The minimum atomic E-state index is -0.505. The molecule has 0 unspecified atom stereocenters. The van der Waals surface area contributed by atoms with E-state index in [1.54, 1.807) is 12.1 Å². The number of halogens is 2. The zero-order valence-corrected chi connectivity index (χ0v) is 19.7. The molecule has 5 rings (SSSR count). The first kappa shape index (κ1) is 22.9. The topological polar surface area (TPSA) is 61.4 Å². The first-order valence-electron chi connectivity index (χ1n) is 12.4. The Balaban J connectivity index is 1.19. The number of allylic oxidation sites excluding steroid dienone is 2. The van der Waals surface area contributed by atoms with Crippen LogP contribution in [0, 0.1) is 34.9 Å². The number of hydrogen-bond donors (Lipinski definition) is 2. The molecule has 2 N–H and O–H groups in total. The number of benzene rings is 1. The van der Waals surface area contributed by atoms with Gasteiger partial charge in [-0.25, -0.2) is 4.39 Å². The van der Waals surface area contributed by atoms with Gasteiger partial charge in [-0.05, 0) is 81.5 Å². The molecule has 1 spiro atoms. The van der Waals surface area contributed by atoms with E-state index in [1.165, 1.54) is 32.0 Å². The van der Waals surface area contributed by atoms with E-state index in [1.807, 2.05) is 0 Å². The Morgan fingerprint density at radius 1 is 1.03 bits per heavy atom. The summed E-state index contributed by atoms with van der Waals surface area (Å²) in [6.07, 6.45) is 11.1. The van der Waals surface area contributed by atoms with Gasteiger partial charge in [-0.2, -0.15) is 0 Å². The molecule has 5 nitrogen and oxygen atoms in total. The van der Waals surface area contributed by atoms with Gasteiger partial charge < -0.3 is 15.5 Å². The Bertz CT molecular complexity index is 941. The first-order valence-corrected chi connectivity index (χ1v) is 12.8. The summed E-state index contributed by atoms with van der Waals surface area (Å²) in [6.45, 7) is 4.21. The van der Waals surface area contributed by atoms with E-state index in [0.29, 0.717) is 12.1 Å². The molecular weight excluding hydrogens is 441 g/mol. The second-order valence-corrected chi connectivity index (χ2v) is 10.6. The number of likely N-dealkylation sites (tertiary alicyclic amines) is 1. The fourth-order valence-corrected chi connectivity index (χ4v) is 6.68. The molecule has 0 aromatic heterocycles. The zero-order valence-electron chi connectivity index (χ0n) is 19.0. The molecule has 33 heavy (non-hydrogen) atoms. The molecular formula is C26H33ClFN3O2. The molecule has 4 atom stereocenters. The minimum absolute atomic E-state index is 0.00613. The lowest BCUT2D eigenvalue weighted by molar-refractivity contribution is -0.135. The summed E-state index contributed by atoms with van der Waals surface area (Å²) in [7, 11) is 0. The maximum absolute atomic E-state index is 14.3. The van der Waals surface area contributed by atoms with Crippen LogP contribution in [0.25, 0.3) is 0 Å². The van der Waals surface area contributed by atoms with Gasteiger partial charge in [0.05, 0.1) is 16.9 Å². The van der Waals surface area contributed by atoms with Crippen LogP contribution in [0.5, 0.6) is 0 Å². The Hall–Kier alpha value is -1.92. The molecule has 2 saturated carbocycles. The van der Waals surface area contributed by atoms with Crippen molar-refractivity contribution in [1.29, 1.82) is 0 Å². The van der Waals surface area contributed by atoms with Crippen molar-refractivity contribution in [3.8, 4) is 0 Å². The van der Waals surface area contributed by atoms with Gasteiger partial charge in [0, 0.05) is 18.7 Å². The Labute approximate surface area is 200 Å². The van der Waals surface area contributed by atoms with Crippen molar-refractivity contribution in [2.24, 2.45) is 29.1 Å². The van der Waals surface area contributed by atoms with E-state index in [-0.39, 0.29) is 46.6 Å². The highest BCUT2D eigenvalue weighted by Gasteiger charge is 2.69. The van der Waals surface area contributed by atoms with Crippen LogP contribution in [0.4, 0.5) is 4.39 Å². The predicted molar refractivity (Wildman–Crippen MR) is 126 cm³/mol. The van der Waals surface area contributed by atoms with Gasteiger partial charge in [0.15, 0.2) is 0 Å². The van der Waals surface area contributed by atoms with E-state index in [2.05, 4.69) is 27.7 Å². The van der Waals surface area contributed by atoms with Crippen LogP contribution < -0.4 is 10.6 Å². The summed E-state index contributed by atoms with van der Waals surface area (Å²) < 4.78 is 14.3. The van der Waals surface area contributed by atoms with Gasteiger partial charge in [0.25, 0.3) is 0 Å². The zero-order chi connectivity index (χ0) is 23.0. The molecule has 1 aliphatic heterocycles. The number of carbonyl (C=O) groups excluding carboxylic acids is 2. The molecule has 1 heterocycles. The predicted octanol–water partition coefficient (Wildman–Crippen LogP) is 3.92. The minimum Gasteiger partial charge on any atom is -0.356 e. The van der Waals surface area contributed by atoms with Crippen molar-refractivity contribution in [3.63, 3.8) is 0 Å². The number of amides is 2. The van der Waals surface area contributed by atoms with Gasteiger partial charge in [0.1, 0.15) is 5.82 Å². The first-order chi connectivity index (χ1) is 16.0. The average Bonchev–Trinajstić information content (AvgIpc) is 3.17. The van der Waals surface area contributed by atoms with Crippen LogP contribution in [-0.2, 0) is 16.1 Å². The van der Waals surface area contributed by atoms with E-state index < -0.39 is 11.7 Å². The second-order valence-electron chi connectivity index (χ2n) is 10.2. The molecule has 3 fully saturated rings. The molecule has 0 radical (unpaired) electrons. The molecule has 4 aliphatic rings. The van der Waals surface area contributed by atoms with Crippen molar-refractivity contribution in [3.05, 3.63) is 46.8 Å². The lowest BCUT2D eigenvalue weighted by Gasteiger charge is -2.26. The molecule has 7 heteroatoms. The maximum Gasteiger partial charge on any atom is 0.224 e. The molecule has 1 aromatic carbocycles. The van der Waals surface area contributed by atoms with E-state index in [0.717, 1.165) is 32.2 Å². The molecule has 3 aliphatic carbocycles. The molecule has 1 aromatic rings. The standard InChI is InChI=1S/C26H33ClFN3O2/c27-20-7-5-6-17(23(20)28)16-30-25(33)22-19-9-8-18(26(19)10-11-26)21(22)24(32)29-12-1-2-13-31-14-3-4-15-31/h5-9,18-19,21-22H,1-4,10-16H2,(H,29,32)(H,30,33)/t18-,19+,21-,22-/m1/s1. The van der Waals surface area contributed by atoms with Crippen molar-refractivity contribution in [1.82, 2.24) is 15.5 Å². The molecule has 2 bridgehead atoms. The van der Waals surface area contributed by atoms with Crippen LogP contribution in [0.2, 0.25) is 5.02 Å². The van der Waals surface area contributed by atoms with E-state index in [9.17, 15) is 14.0 Å². The molecule has 1 saturated heterocycles. The Morgan fingerprint density at radius 3 is 2.36 bits per heavy atom. The van der Waals surface area contributed by atoms with Gasteiger partial charge in [0.2, 0.25) is 11.8 Å². The van der Waals surface area contributed by atoms with Gasteiger partial charge in [-0.15, -0.1) is 0 Å². The Kier molecular flexibility index (Phi) is 6.49. The monoisotopic (exact) mass is 473 g/mol. The summed E-state index contributed by atoms with van der Waals surface area (Å²) in [5, 5.41) is 6.07. The normalized spacial score (nSPS) is 29.0. The molecule has 178 valence electrons. The number of rotatable bonds is 9. The fraction of sp³-hybridized carbons (Fsp3) is 0.615. The number of carbonyl (C=O) groups is 2. The second kappa shape index (κ2) is 9.38. The summed E-state index contributed by atoms with van der Waals surface area (Å²) in [4.78, 5) is 29.0. The lowest BCUT2D eigenvalue weighted by Crippen LogP contribution is -2.44. The number of unbranched alkanes of at least 4 members (excludes halogenated alkanes) is 1. The maximum atomic E-state index is 14.3. The van der Waals surface area contributed by atoms with Crippen LogP contribution in [0.15, 0.2) is 30.4 Å².